The first-order valence-corrected chi connectivity index (χ1v) is 7.41. The van der Waals surface area contributed by atoms with Crippen molar-refractivity contribution >= 4 is 5.69 Å². The van der Waals surface area contributed by atoms with Gasteiger partial charge in [-0.1, -0.05) is 12.1 Å². The number of piperazine rings is 1. The summed E-state index contributed by atoms with van der Waals surface area (Å²) in [4.78, 5) is 6.52. The molecule has 1 aliphatic heterocycles. The number of benzene rings is 1. The molecule has 0 aliphatic carbocycles. The fourth-order valence-electron chi connectivity index (χ4n) is 2.55. The molecule has 1 saturated heterocycles. The van der Waals surface area contributed by atoms with E-state index in [-0.39, 0.29) is 0 Å². The Bertz CT molecular complexity index is 580. The number of nitrogens with one attached hydrogen (secondary N) is 1. The van der Waals surface area contributed by atoms with Gasteiger partial charge in [0.25, 0.3) is 0 Å². The van der Waals surface area contributed by atoms with Gasteiger partial charge in [-0.05, 0) is 30.7 Å². The van der Waals surface area contributed by atoms with Crippen molar-refractivity contribution in [3.63, 3.8) is 0 Å². The zero-order valence-corrected chi connectivity index (χ0v) is 12.4. The lowest BCUT2D eigenvalue weighted by atomic mass is 10.1. The van der Waals surface area contributed by atoms with Crippen molar-refractivity contribution in [2.75, 3.05) is 31.1 Å². The van der Waals surface area contributed by atoms with Crippen LogP contribution in [0.5, 0.6) is 5.75 Å². The normalized spacial score (nSPS) is 15.0. The van der Waals surface area contributed by atoms with Gasteiger partial charge in [0, 0.05) is 44.1 Å². The molecule has 4 nitrogen and oxygen atoms in total. The van der Waals surface area contributed by atoms with Crippen LogP contribution in [-0.4, -0.2) is 31.2 Å². The lowest BCUT2D eigenvalue weighted by Crippen LogP contribution is -2.43. The second-order valence-corrected chi connectivity index (χ2v) is 5.36. The first-order chi connectivity index (χ1) is 10.3. The van der Waals surface area contributed by atoms with Crippen molar-refractivity contribution in [3.05, 3.63) is 53.9 Å². The fraction of sp³-hybridized carbons (Fsp3) is 0.353. The highest BCUT2D eigenvalue weighted by Gasteiger charge is 2.15. The maximum absolute atomic E-state index is 6.03. The Morgan fingerprint density at radius 2 is 2.10 bits per heavy atom. The third kappa shape index (κ3) is 3.52. The smallest absolute Gasteiger partial charge is 0.143 e. The van der Waals surface area contributed by atoms with Gasteiger partial charge in [-0.3, -0.25) is 4.98 Å². The number of hydrogen-bond donors (Lipinski definition) is 1. The van der Waals surface area contributed by atoms with Gasteiger partial charge >= 0.3 is 0 Å². The predicted molar refractivity (Wildman–Crippen MR) is 84.8 cm³/mol. The van der Waals surface area contributed by atoms with E-state index in [0.717, 1.165) is 37.5 Å². The maximum atomic E-state index is 6.03. The van der Waals surface area contributed by atoms with Gasteiger partial charge < -0.3 is 15.0 Å². The number of nitrogens with zero attached hydrogens (tertiary/aromatic N) is 2. The summed E-state index contributed by atoms with van der Waals surface area (Å²) < 4.78 is 6.03. The molecule has 0 amide bonds. The predicted octanol–water partition coefficient (Wildman–Crippen LogP) is 2.38. The maximum Gasteiger partial charge on any atom is 0.143 e. The summed E-state index contributed by atoms with van der Waals surface area (Å²) in [5, 5.41) is 3.39. The molecular weight excluding hydrogens is 262 g/mol. The van der Waals surface area contributed by atoms with Crippen LogP contribution in [0.1, 0.15) is 11.1 Å². The fourth-order valence-corrected chi connectivity index (χ4v) is 2.55. The molecule has 2 heterocycles. The van der Waals surface area contributed by atoms with E-state index in [4.69, 9.17) is 4.74 Å². The van der Waals surface area contributed by atoms with Gasteiger partial charge in [0.05, 0.1) is 5.69 Å². The van der Waals surface area contributed by atoms with Crippen LogP contribution in [-0.2, 0) is 6.61 Å². The summed E-state index contributed by atoms with van der Waals surface area (Å²) in [6, 6.07) is 10.4. The summed E-state index contributed by atoms with van der Waals surface area (Å²) in [6.45, 7) is 6.76. The minimum absolute atomic E-state index is 0.552. The third-order valence-electron chi connectivity index (χ3n) is 3.69. The summed E-state index contributed by atoms with van der Waals surface area (Å²) in [6.07, 6.45) is 3.63. The quantitative estimate of drug-likeness (QED) is 0.935. The monoisotopic (exact) mass is 283 g/mol. The Kier molecular flexibility index (Phi) is 4.36. The molecule has 110 valence electrons. The highest BCUT2D eigenvalue weighted by molar-refractivity contribution is 5.60. The number of rotatable bonds is 4. The van der Waals surface area contributed by atoms with Gasteiger partial charge in [0.2, 0.25) is 0 Å². The molecule has 2 aromatic rings. The van der Waals surface area contributed by atoms with Gasteiger partial charge in [-0.2, -0.15) is 0 Å². The van der Waals surface area contributed by atoms with Gasteiger partial charge in [0.1, 0.15) is 12.4 Å². The molecule has 3 rings (SSSR count). The SMILES string of the molecule is Cc1ccc(OCc2cccnc2)c(N2CCNCC2)c1. The van der Waals surface area contributed by atoms with E-state index in [1.54, 1.807) is 6.20 Å². The topological polar surface area (TPSA) is 37.4 Å². The molecule has 0 atom stereocenters. The van der Waals surface area contributed by atoms with Crippen LogP contribution >= 0.6 is 0 Å². The number of aryl methyl sites for hydroxylation is 1. The lowest BCUT2D eigenvalue weighted by molar-refractivity contribution is 0.305. The zero-order valence-electron chi connectivity index (χ0n) is 12.4. The molecule has 0 unspecified atom stereocenters. The molecule has 1 N–H and O–H groups in total. The van der Waals surface area contributed by atoms with Crippen LogP contribution in [0.3, 0.4) is 0 Å². The Morgan fingerprint density at radius 3 is 2.86 bits per heavy atom. The number of anilines is 1. The van der Waals surface area contributed by atoms with Crippen LogP contribution in [0, 0.1) is 6.92 Å². The summed E-state index contributed by atoms with van der Waals surface area (Å²) in [5.74, 6) is 0.950. The average molecular weight is 283 g/mol. The van der Waals surface area contributed by atoms with Crippen molar-refractivity contribution in [2.45, 2.75) is 13.5 Å². The van der Waals surface area contributed by atoms with E-state index in [9.17, 15) is 0 Å². The molecule has 1 aromatic carbocycles. The standard InChI is InChI=1S/C17H21N3O/c1-14-4-5-17(21-13-15-3-2-6-19-12-15)16(11-14)20-9-7-18-8-10-20/h2-6,11-12,18H,7-10,13H2,1H3. The largest absolute Gasteiger partial charge is 0.487 e. The third-order valence-corrected chi connectivity index (χ3v) is 3.69. The van der Waals surface area contributed by atoms with E-state index in [1.807, 2.05) is 18.3 Å². The molecule has 1 aromatic heterocycles. The van der Waals surface area contributed by atoms with Crippen molar-refractivity contribution in [1.82, 2.24) is 10.3 Å². The van der Waals surface area contributed by atoms with E-state index in [2.05, 4.69) is 40.3 Å². The molecule has 21 heavy (non-hydrogen) atoms. The molecule has 4 heteroatoms. The molecule has 1 fully saturated rings. The molecule has 0 bridgehead atoms. The number of hydrogen-bond acceptors (Lipinski definition) is 4. The van der Waals surface area contributed by atoms with Crippen LogP contribution < -0.4 is 15.0 Å². The van der Waals surface area contributed by atoms with E-state index >= 15 is 0 Å². The Hall–Kier alpha value is -2.07. The van der Waals surface area contributed by atoms with Crippen LogP contribution in [0.2, 0.25) is 0 Å². The van der Waals surface area contributed by atoms with Crippen LogP contribution in [0.25, 0.3) is 0 Å². The number of aromatic nitrogens is 1. The minimum atomic E-state index is 0.552. The summed E-state index contributed by atoms with van der Waals surface area (Å²) in [5.41, 5.74) is 3.54. The number of pyridine rings is 1. The van der Waals surface area contributed by atoms with Crippen molar-refractivity contribution in [3.8, 4) is 5.75 Å². The average Bonchev–Trinajstić information content (AvgIpc) is 2.55. The molecule has 0 radical (unpaired) electrons. The first kappa shape index (κ1) is 13.9. The highest BCUT2D eigenvalue weighted by atomic mass is 16.5. The minimum Gasteiger partial charge on any atom is -0.487 e. The van der Waals surface area contributed by atoms with Crippen molar-refractivity contribution in [1.29, 1.82) is 0 Å². The second kappa shape index (κ2) is 6.59. The Labute approximate surface area is 125 Å². The van der Waals surface area contributed by atoms with Gasteiger partial charge in [0.15, 0.2) is 0 Å². The summed E-state index contributed by atoms with van der Waals surface area (Å²) in [7, 11) is 0. The van der Waals surface area contributed by atoms with E-state index in [1.165, 1.54) is 11.3 Å². The van der Waals surface area contributed by atoms with Gasteiger partial charge in [-0.25, -0.2) is 0 Å². The first-order valence-electron chi connectivity index (χ1n) is 7.41. The summed E-state index contributed by atoms with van der Waals surface area (Å²) >= 11 is 0. The molecule has 1 aliphatic rings. The second-order valence-electron chi connectivity index (χ2n) is 5.36. The lowest BCUT2D eigenvalue weighted by Gasteiger charge is -2.31. The van der Waals surface area contributed by atoms with Crippen molar-refractivity contribution in [2.24, 2.45) is 0 Å². The highest BCUT2D eigenvalue weighted by Crippen LogP contribution is 2.30. The van der Waals surface area contributed by atoms with E-state index in [0.29, 0.717) is 6.61 Å². The van der Waals surface area contributed by atoms with Crippen LogP contribution in [0.15, 0.2) is 42.7 Å². The van der Waals surface area contributed by atoms with Crippen LogP contribution in [0.4, 0.5) is 5.69 Å². The zero-order chi connectivity index (χ0) is 14.5. The number of ether oxygens (including phenoxy) is 1. The van der Waals surface area contributed by atoms with Gasteiger partial charge in [-0.15, -0.1) is 0 Å². The Balaban J connectivity index is 1.77. The molecule has 0 saturated carbocycles. The molecular formula is C17H21N3O. The van der Waals surface area contributed by atoms with E-state index < -0.39 is 0 Å². The molecule has 0 spiro atoms. The Morgan fingerprint density at radius 1 is 1.24 bits per heavy atom. The van der Waals surface area contributed by atoms with Crippen molar-refractivity contribution < 1.29 is 4.74 Å².